The van der Waals surface area contributed by atoms with Gasteiger partial charge in [0.1, 0.15) is 5.82 Å². The van der Waals surface area contributed by atoms with E-state index in [2.05, 4.69) is 22.0 Å². The van der Waals surface area contributed by atoms with Crippen LogP contribution in [-0.2, 0) is 16.0 Å². The number of likely N-dealkylation sites (tertiary alicyclic amines) is 1. The summed E-state index contributed by atoms with van der Waals surface area (Å²) >= 11 is 0. The molecule has 2 saturated heterocycles. The number of ether oxygens (including phenoxy) is 1. The largest absolute Gasteiger partial charge is 0.378 e. The van der Waals surface area contributed by atoms with Crippen molar-refractivity contribution in [2.45, 2.75) is 45.4 Å². The molecule has 1 amide bonds. The zero-order valence-electron chi connectivity index (χ0n) is 18.0. The minimum Gasteiger partial charge on any atom is -0.378 e. The van der Waals surface area contributed by atoms with E-state index in [9.17, 15) is 4.79 Å². The van der Waals surface area contributed by atoms with Crippen molar-refractivity contribution in [3.05, 3.63) is 29.5 Å². The number of nitrogens with zero attached hydrogens (tertiary/aromatic N) is 5. The van der Waals surface area contributed by atoms with Gasteiger partial charge in [0.25, 0.3) is 0 Å². The highest BCUT2D eigenvalue weighted by Gasteiger charge is 2.28. The Kier molecular flexibility index (Phi) is 6.74. The van der Waals surface area contributed by atoms with Crippen LogP contribution < -0.4 is 0 Å². The number of aromatic nitrogens is 3. The fourth-order valence-corrected chi connectivity index (χ4v) is 4.24. The Morgan fingerprint density at radius 1 is 1.20 bits per heavy atom. The molecule has 2 aliphatic rings. The van der Waals surface area contributed by atoms with E-state index in [0.717, 1.165) is 67.3 Å². The SMILES string of the molecule is CCCc1ncc(-c2cc(C)no2)c(C2CCN(CC(=O)N3CCOCC3)CC2)n1. The maximum absolute atomic E-state index is 12.6. The van der Waals surface area contributed by atoms with Crippen molar-refractivity contribution >= 4 is 5.91 Å². The van der Waals surface area contributed by atoms with Crippen molar-refractivity contribution in [1.29, 1.82) is 0 Å². The summed E-state index contributed by atoms with van der Waals surface area (Å²) in [5, 5.41) is 4.04. The molecule has 4 heterocycles. The lowest BCUT2D eigenvalue weighted by Crippen LogP contribution is -2.47. The first kappa shape index (κ1) is 20.9. The van der Waals surface area contributed by atoms with Gasteiger partial charge in [-0.15, -0.1) is 0 Å². The predicted octanol–water partition coefficient (Wildman–Crippen LogP) is 2.43. The zero-order valence-corrected chi connectivity index (χ0v) is 18.0. The number of hydrogen-bond donors (Lipinski definition) is 0. The third kappa shape index (κ3) is 4.87. The molecule has 2 aromatic rings. The second-order valence-corrected chi connectivity index (χ2v) is 8.21. The molecule has 2 aliphatic heterocycles. The second kappa shape index (κ2) is 9.66. The van der Waals surface area contributed by atoms with E-state index >= 15 is 0 Å². The zero-order chi connectivity index (χ0) is 20.9. The van der Waals surface area contributed by atoms with E-state index in [-0.39, 0.29) is 5.91 Å². The Balaban J connectivity index is 1.44. The molecule has 2 aromatic heterocycles. The maximum Gasteiger partial charge on any atom is 0.236 e. The summed E-state index contributed by atoms with van der Waals surface area (Å²) < 4.78 is 10.9. The van der Waals surface area contributed by atoms with E-state index in [1.165, 1.54) is 0 Å². The Labute approximate surface area is 177 Å². The van der Waals surface area contributed by atoms with Gasteiger partial charge in [0.2, 0.25) is 5.91 Å². The molecule has 0 aromatic carbocycles. The Hall–Kier alpha value is -2.32. The smallest absolute Gasteiger partial charge is 0.236 e. The highest BCUT2D eigenvalue weighted by atomic mass is 16.5. The predicted molar refractivity (Wildman–Crippen MR) is 112 cm³/mol. The van der Waals surface area contributed by atoms with Gasteiger partial charge in [-0.2, -0.15) is 0 Å². The average Bonchev–Trinajstić information content (AvgIpc) is 3.21. The van der Waals surface area contributed by atoms with Crippen molar-refractivity contribution < 1.29 is 14.1 Å². The lowest BCUT2D eigenvalue weighted by Gasteiger charge is -2.34. The van der Waals surface area contributed by atoms with Gasteiger partial charge in [-0.3, -0.25) is 9.69 Å². The van der Waals surface area contributed by atoms with Gasteiger partial charge in [0.15, 0.2) is 5.76 Å². The van der Waals surface area contributed by atoms with Crippen LogP contribution in [0, 0.1) is 6.92 Å². The lowest BCUT2D eigenvalue weighted by atomic mass is 9.90. The summed E-state index contributed by atoms with van der Waals surface area (Å²) in [7, 11) is 0. The van der Waals surface area contributed by atoms with Gasteiger partial charge >= 0.3 is 0 Å². The second-order valence-electron chi connectivity index (χ2n) is 8.21. The summed E-state index contributed by atoms with van der Waals surface area (Å²) in [6.07, 6.45) is 5.72. The molecule has 0 saturated carbocycles. The fraction of sp³-hybridized carbons (Fsp3) is 0.636. The van der Waals surface area contributed by atoms with Gasteiger partial charge < -0.3 is 14.2 Å². The van der Waals surface area contributed by atoms with Gasteiger partial charge in [-0.05, 0) is 39.3 Å². The molecular weight excluding hydrogens is 382 g/mol. The van der Waals surface area contributed by atoms with Crippen LogP contribution in [-0.4, -0.2) is 76.8 Å². The Bertz CT molecular complexity index is 854. The minimum atomic E-state index is 0.210. The molecule has 8 nitrogen and oxygen atoms in total. The summed E-state index contributed by atoms with van der Waals surface area (Å²) in [4.78, 5) is 26.2. The first-order chi connectivity index (χ1) is 14.6. The summed E-state index contributed by atoms with van der Waals surface area (Å²) in [6, 6.07) is 1.94. The lowest BCUT2D eigenvalue weighted by molar-refractivity contribution is -0.136. The molecule has 0 spiro atoms. The van der Waals surface area contributed by atoms with E-state index < -0.39 is 0 Å². The number of carbonyl (C=O) groups excluding carboxylic acids is 1. The molecule has 0 bridgehead atoms. The van der Waals surface area contributed by atoms with Crippen LogP contribution in [0.2, 0.25) is 0 Å². The highest BCUT2D eigenvalue weighted by Crippen LogP contribution is 2.34. The number of rotatable bonds is 6. The third-order valence-electron chi connectivity index (χ3n) is 5.93. The highest BCUT2D eigenvalue weighted by molar-refractivity contribution is 5.78. The third-order valence-corrected chi connectivity index (χ3v) is 5.93. The number of amides is 1. The van der Waals surface area contributed by atoms with E-state index in [4.69, 9.17) is 14.2 Å². The molecule has 8 heteroatoms. The van der Waals surface area contributed by atoms with Crippen molar-refractivity contribution in [2.24, 2.45) is 0 Å². The molecule has 0 unspecified atom stereocenters. The molecule has 162 valence electrons. The monoisotopic (exact) mass is 413 g/mol. The fourth-order valence-electron chi connectivity index (χ4n) is 4.24. The van der Waals surface area contributed by atoms with Crippen molar-refractivity contribution in [3.8, 4) is 11.3 Å². The van der Waals surface area contributed by atoms with E-state index in [0.29, 0.717) is 38.8 Å². The Morgan fingerprint density at radius 3 is 2.63 bits per heavy atom. The molecule has 0 atom stereocenters. The van der Waals surface area contributed by atoms with Crippen LogP contribution in [0.3, 0.4) is 0 Å². The van der Waals surface area contributed by atoms with Crippen molar-refractivity contribution in [3.63, 3.8) is 0 Å². The van der Waals surface area contributed by atoms with Crippen LogP contribution in [0.15, 0.2) is 16.8 Å². The summed E-state index contributed by atoms with van der Waals surface area (Å²) in [5.74, 6) is 2.16. The Morgan fingerprint density at radius 2 is 1.97 bits per heavy atom. The normalized spacial score (nSPS) is 18.7. The maximum atomic E-state index is 12.6. The van der Waals surface area contributed by atoms with Crippen LogP contribution in [0.5, 0.6) is 0 Å². The number of aryl methyl sites for hydroxylation is 2. The molecule has 30 heavy (non-hydrogen) atoms. The van der Waals surface area contributed by atoms with Crippen LogP contribution in [0.4, 0.5) is 0 Å². The molecular formula is C22H31N5O3. The number of carbonyl (C=O) groups is 1. The van der Waals surface area contributed by atoms with Gasteiger partial charge in [0, 0.05) is 37.7 Å². The van der Waals surface area contributed by atoms with Crippen LogP contribution >= 0.6 is 0 Å². The topological polar surface area (TPSA) is 84.6 Å². The van der Waals surface area contributed by atoms with Crippen LogP contribution in [0.25, 0.3) is 11.3 Å². The van der Waals surface area contributed by atoms with E-state index in [1.807, 2.05) is 24.1 Å². The van der Waals surface area contributed by atoms with E-state index in [1.54, 1.807) is 0 Å². The van der Waals surface area contributed by atoms with Crippen molar-refractivity contribution in [2.75, 3.05) is 45.9 Å². The van der Waals surface area contributed by atoms with Crippen molar-refractivity contribution in [1.82, 2.24) is 24.9 Å². The summed E-state index contributed by atoms with van der Waals surface area (Å²) in [5.41, 5.74) is 2.85. The first-order valence-corrected chi connectivity index (χ1v) is 11.0. The number of hydrogen-bond acceptors (Lipinski definition) is 7. The minimum absolute atomic E-state index is 0.210. The summed E-state index contributed by atoms with van der Waals surface area (Å²) in [6.45, 7) is 9.03. The average molecular weight is 414 g/mol. The van der Waals surface area contributed by atoms with Gasteiger partial charge in [-0.1, -0.05) is 12.1 Å². The molecule has 2 fully saturated rings. The van der Waals surface area contributed by atoms with Gasteiger partial charge in [0.05, 0.1) is 36.7 Å². The molecule has 0 radical (unpaired) electrons. The molecule has 4 rings (SSSR count). The van der Waals surface area contributed by atoms with Crippen LogP contribution in [0.1, 0.15) is 49.3 Å². The molecule has 0 aliphatic carbocycles. The van der Waals surface area contributed by atoms with Gasteiger partial charge in [-0.25, -0.2) is 9.97 Å². The number of morpholine rings is 1. The number of piperidine rings is 1. The first-order valence-electron chi connectivity index (χ1n) is 11.0. The quantitative estimate of drug-likeness (QED) is 0.719. The standard InChI is InChI=1S/C22H31N5O3/c1-3-4-20-23-14-18(19-13-16(2)25-30-19)22(24-20)17-5-7-26(8-6-17)15-21(28)27-9-11-29-12-10-27/h13-14,17H,3-12,15H2,1-2H3. The molecule has 0 N–H and O–H groups in total.